The SMILES string of the molecule is N[C@@H](C[C@@H](C(=O)O)C(O)c1ccncc1)C(=O)O. The van der Waals surface area contributed by atoms with E-state index in [1.165, 1.54) is 24.5 Å². The van der Waals surface area contributed by atoms with Crippen LogP contribution in [0.25, 0.3) is 0 Å². The van der Waals surface area contributed by atoms with E-state index in [0.717, 1.165) is 0 Å². The lowest BCUT2D eigenvalue weighted by Crippen LogP contribution is -2.36. The van der Waals surface area contributed by atoms with Gasteiger partial charge in [0.05, 0.1) is 12.0 Å². The summed E-state index contributed by atoms with van der Waals surface area (Å²) in [4.78, 5) is 25.4. The molecule has 0 fully saturated rings. The predicted molar refractivity (Wildman–Crippen MR) is 60.6 cm³/mol. The second-order valence-electron chi connectivity index (χ2n) is 3.85. The van der Waals surface area contributed by atoms with Crippen molar-refractivity contribution < 1.29 is 24.9 Å². The summed E-state index contributed by atoms with van der Waals surface area (Å²) >= 11 is 0. The molecule has 98 valence electrons. The summed E-state index contributed by atoms with van der Waals surface area (Å²) in [7, 11) is 0. The molecule has 0 radical (unpaired) electrons. The van der Waals surface area contributed by atoms with Gasteiger partial charge in [-0.15, -0.1) is 0 Å². The van der Waals surface area contributed by atoms with Crippen molar-refractivity contribution in [1.29, 1.82) is 0 Å². The number of carboxylic acids is 2. The van der Waals surface area contributed by atoms with Crippen molar-refractivity contribution in [2.75, 3.05) is 0 Å². The molecule has 0 spiro atoms. The molecule has 3 atom stereocenters. The van der Waals surface area contributed by atoms with Gasteiger partial charge in [-0.05, 0) is 24.1 Å². The molecule has 1 aromatic rings. The number of hydrogen-bond acceptors (Lipinski definition) is 5. The van der Waals surface area contributed by atoms with Crippen molar-refractivity contribution in [2.45, 2.75) is 18.6 Å². The molecule has 7 heteroatoms. The molecule has 1 unspecified atom stereocenters. The van der Waals surface area contributed by atoms with E-state index in [1.54, 1.807) is 0 Å². The lowest BCUT2D eigenvalue weighted by Gasteiger charge is -2.20. The summed E-state index contributed by atoms with van der Waals surface area (Å²) < 4.78 is 0. The van der Waals surface area contributed by atoms with Crippen LogP contribution in [0, 0.1) is 5.92 Å². The number of hydrogen-bond donors (Lipinski definition) is 4. The van der Waals surface area contributed by atoms with Gasteiger partial charge in [0.25, 0.3) is 0 Å². The zero-order chi connectivity index (χ0) is 13.7. The van der Waals surface area contributed by atoms with Gasteiger partial charge in [0, 0.05) is 12.4 Å². The molecule has 0 bridgehead atoms. The number of carbonyl (C=O) groups is 2. The largest absolute Gasteiger partial charge is 0.481 e. The Labute approximate surface area is 103 Å². The van der Waals surface area contributed by atoms with Crippen LogP contribution in [0.2, 0.25) is 0 Å². The average molecular weight is 254 g/mol. The van der Waals surface area contributed by atoms with Gasteiger partial charge in [0.1, 0.15) is 6.04 Å². The first-order chi connectivity index (χ1) is 8.43. The van der Waals surface area contributed by atoms with E-state index in [1.807, 2.05) is 0 Å². The number of aliphatic carboxylic acids is 2. The molecule has 0 aliphatic rings. The third-order valence-electron chi connectivity index (χ3n) is 2.57. The number of aliphatic hydroxyl groups excluding tert-OH is 1. The summed E-state index contributed by atoms with van der Waals surface area (Å²) in [5.74, 6) is -3.88. The Balaban J connectivity index is 2.86. The van der Waals surface area contributed by atoms with Crippen molar-refractivity contribution in [2.24, 2.45) is 11.7 Å². The quantitative estimate of drug-likeness (QED) is 0.543. The number of pyridine rings is 1. The molecule has 1 rings (SSSR count). The van der Waals surface area contributed by atoms with Gasteiger partial charge in [0.2, 0.25) is 0 Å². The van der Waals surface area contributed by atoms with Crippen molar-refractivity contribution in [3.8, 4) is 0 Å². The molecule has 18 heavy (non-hydrogen) atoms. The number of aliphatic hydroxyl groups is 1. The van der Waals surface area contributed by atoms with E-state index in [2.05, 4.69) is 4.98 Å². The van der Waals surface area contributed by atoms with Crippen LogP contribution in [0.3, 0.4) is 0 Å². The van der Waals surface area contributed by atoms with Gasteiger partial charge in [-0.3, -0.25) is 14.6 Å². The fourth-order valence-corrected chi connectivity index (χ4v) is 1.53. The molecule has 1 aromatic heterocycles. The first-order valence-corrected chi connectivity index (χ1v) is 5.22. The Morgan fingerprint density at radius 1 is 1.22 bits per heavy atom. The second-order valence-corrected chi connectivity index (χ2v) is 3.85. The molecule has 5 N–H and O–H groups in total. The smallest absolute Gasteiger partial charge is 0.320 e. The van der Waals surface area contributed by atoms with E-state index in [9.17, 15) is 14.7 Å². The standard InChI is InChI=1S/C11H14N2O5/c12-8(11(17)18)5-7(10(15)16)9(14)6-1-3-13-4-2-6/h1-4,7-9,14H,5,12H2,(H,15,16)(H,17,18)/t7-,8+,9?/m1/s1. The summed E-state index contributed by atoms with van der Waals surface area (Å²) in [6.45, 7) is 0. The zero-order valence-corrected chi connectivity index (χ0v) is 9.43. The van der Waals surface area contributed by atoms with Crippen LogP contribution in [0.15, 0.2) is 24.5 Å². The molecule has 1 heterocycles. The molecule has 0 aliphatic heterocycles. The summed E-state index contributed by atoms with van der Waals surface area (Å²) in [6, 6.07) is 1.60. The van der Waals surface area contributed by atoms with E-state index >= 15 is 0 Å². The topological polar surface area (TPSA) is 134 Å². The summed E-state index contributed by atoms with van der Waals surface area (Å²) in [6.07, 6.45) is 1.15. The third kappa shape index (κ3) is 3.51. The van der Waals surface area contributed by atoms with Crippen molar-refractivity contribution >= 4 is 11.9 Å². The maximum Gasteiger partial charge on any atom is 0.320 e. The fraction of sp³-hybridized carbons (Fsp3) is 0.364. The number of nitrogens with zero attached hydrogens (tertiary/aromatic N) is 1. The molecule has 0 amide bonds. The Bertz CT molecular complexity index is 423. The van der Waals surface area contributed by atoms with Crippen molar-refractivity contribution in [3.63, 3.8) is 0 Å². The molecule has 0 saturated carbocycles. The number of rotatable bonds is 6. The lowest BCUT2D eigenvalue weighted by molar-refractivity contribution is -0.147. The monoisotopic (exact) mass is 254 g/mol. The number of nitrogens with two attached hydrogens (primary N) is 1. The van der Waals surface area contributed by atoms with E-state index in [4.69, 9.17) is 15.9 Å². The molecule has 0 aromatic carbocycles. The minimum atomic E-state index is -1.33. The Hall–Kier alpha value is -1.99. The molecule has 7 nitrogen and oxygen atoms in total. The Kier molecular flexibility index (Phi) is 4.75. The van der Waals surface area contributed by atoms with E-state index in [-0.39, 0.29) is 6.42 Å². The van der Waals surface area contributed by atoms with Crippen LogP contribution in [0.1, 0.15) is 18.1 Å². The van der Waals surface area contributed by atoms with E-state index < -0.39 is 30.0 Å². The maximum absolute atomic E-state index is 11.0. The first kappa shape index (κ1) is 14.1. The van der Waals surface area contributed by atoms with Gasteiger partial charge in [0.15, 0.2) is 0 Å². The Morgan fingerprint density at radius 3 is 2.22 bits per heavy atom. The number of aromatic nitrogens is 1. The molecular formula is C11H14N2O5. The molecule has 0 saturated heterocycles. The van der Waals surface area contributed by atoms with E-state index in [0.29, 0.717) is 5.56 Å². The van der Waals surface area contributed by atoms with Crippen LogP contribution in [-0.4, -0.2) is 38.3 Å². The van der Waals surface area contributed by atoms with Gasteiger partial charge in [-0.2, -0.15) is 0 Å². The van der Waals surface area contributed by atoms with Crippen molar-refractivity contribution in [3.05, 3.63) is 30.1 Å². The van der Waals surface area contributed by atoms with Crippen LogP contribution in [0.4, 0.5) is 0 Å². The van der Waals surface area contributed by atoms with Crippen molar-refractivity contribution in [1.82, 2.24) is 4.98 Å². The van der Waals surface area contributed by atoms with Crippen LogP contribution in [-0.2, 0) is 9.59 Å². The Morgan fingerprint density at radius 2 is 1.78 bits per heavy atom. The van der Waals surface area contributed by atoms with Gasteiger partial charge < -0.3 is 21.1 Å². The summed E-state index contributed by atoms with van der Waals surface area (Å²) in [5.41, 5.74) is 5.64. The second kappa shape index (κ2) is 6.08. The zero-order valence-electron chi connectivity index (χ0n) is 9.43. The molecular weight excluding hydrogens is 240 g/mol. The highest BCUT2D eigenvalue weighted by molar-refractivity contribution is 5.76. The normalized spacial score (nSPS) is 15.7. The van der Waals surface area contributed by atoms with Gasteiger partial charge in [-0.1, -0.05) is 0 Å². The highest BCUT2D eigenvalue weighted by atomic mass is 16.4. The highest BCUT2D eigenvalue weighted by Crippen LogP contribution is 2.25. The van der Waals surface area contributed by atoms with Crippen LogP contribution < -0.4 is 5.73 Å². The first-order valence-electron chi connectivity index (χ1n) is 5.22. The fourth-order valence-electron chi connectivity index (χ4n) is 1.53. The average Bonchev–Trinajstić information content (AvgIpc) is 2.35. The summed E-state index contributed by atoms with van der Waals surface area (Å²) in [5, 5.41) is 27.6. The maximum atomic E-state index is 11.0. The van der Waals surface area contributed by atoms with Gasteiger partial charge >= 0.3 is 11.9 Å². The van der Waals surface area contributed by atoms with Crippen LogP contribution in [0.5, 0.6) is 0 Å². The van der Waals surface area contributed by atoms with Crippen LogP contribution >= 0.6 is 0 Å². The lowest BCUT2D eigenvalue weighted by atomic mass is 9.90. The predicted octanol–water partition coefficient (Wildman–Crippen LogP) is -0.382. The minimum absolute atomic E-state index is 0.353. The highest BCUT2D eigenvalue weighted by Gasteiger charge is 2.31. The van der Waals surface area contributed by atoms with Gasteiger partial charge in [-0.25, -0.2) is 0 Å². The molecule has 0 aliphatic carbocycles. The minimum Gasteiger partial charge on any atom is -0.481 e. The third-order valence-corrected chi connectivity index (χ3v) is 2.57. The number of carboxylic acid groups (broad SMARTS) is 2.